The van der Waals surface area contributed by atoms with Crippen LogP contribution in [0.25, 0.3) is 0 Å². The lowest BCUT2D eigenvalue weighted by atomic mass is 9.67. The summed E-state index contributed by atoms with van der Waals surface area (Å²) in [7, 11) is 0. The number of hydrogen-bond acceptors (Lipinski definition) is 2. The van der Waals surface area contributed by atoms with Crippen LogP contribution in [-0.2, 0) is 6.54 Å². The molecule has 1 heterocycles. The molecule has 1 N–H and O–H groups in total. The summed E-state index contributed by atoms with van der Waals surface area (Å²) in [6.45, 7) is 5.50. The Morgan fingerprint density at radius 1 is 1.57 bits per heavy atom. The van der Waals surface area contributed by atoms with E-state index in [0.717, 1.165) is 16.1 Å². The lowest BCUT2D eigenvalue weighted by Gasteiger charge is -2.45. The molecule has 1 atom stereocenters. The zero-order valence-electron chi connectivity index (χ0n) is 8.64. The first-order chi connectivity index (χ1) is 6.58. The van der Waals surface area contributed by atoms with Crippen LogP contribution in [0.4, 0.5) is 0 Å². The second-order valence-corrected chi connectivity index (χ2v) is 5.73. The average molecular weight is 305 g/mol. The van der Waals surface area contributed by atoms with Gasteiger partial charge in [0, 0.05) is 6.04 Å². The van der Waals surface area contributed by atoms with Gasteiger partial charge in [-0.15, -0.1) is 0 Å². The summed E-state index contributed by atoms with van der Waals surface area (Å²) in [4.78, 5) is 0. The summed E-state index contributed by atoms with van der Waals surface area (Å²) in [5, 5.41) is 3.54. The van der Waals surface area contributed by atoms with Gasteiger partial charge in [-0.05, 0) is 53.0 Å². The van der Waals surface area contributed by atoms with Gasteiger partial charge in [0.1, 0.15) is 5.76 Å². The summed E-state index contributed by atoms with van der Waals surface area (Å²) in [6, 6.07) is 4.70. The first-order valence-electron chi connectivity index (χ1n) is 5.05. The molecule has 1 aromatic heterocycles. The van der Waals surface area contributed by atoms with Gasteiger partial charge in [0.05, 0.1) is 6.54 Å². The van der Waals surface area contributed by atoms with Crippen LogP contribution in [0.2, 0.25) is 0 Å². The Morgan fingerprint density at radius 3 is 2.79 bits per heavy atom. The highest BCUT2D eigenvalue weighted by atomic mass is 127. The molecule has 78 valence electrons. The van der Waals surface area contributed by atoms with Crippen LogP contribution < -0.4 is 5.32 Å². The van der Waals surface area contributed by atoms with Gasteiger partial charge in [0.25, 0.3) is 0 Å². The monoisotopic (exact) mass is 305 g/mol. The topological polar surface area (TPSA) is 25.2 Å². The van der Waals surface area contributed by atoms with E-state index in [1.807, 2.05) is 12.1 Å². The number of rotatable bonds is 3. The third-order valence-electron chi connectivity index (χ3n) is 3.17. The van der Waals surface area contributed by atoms with Gasteiger partial charge in [-0.3, -0.25) is 0 Å². The molecule has 1 aliphatic carbocycles. The van der Waals surface area contributed by atoms with Gasteiger partial charge >= 0.3 is 0 Å². The molecule has 0 bridgehead atoms. The molecule has 1 fully saturated rings. The maximum atomic E-state index is 5.49. The second kappa shape index (κ2) is 3.85. The molecular weight excluding hydrogens is 289 g/mol. The molecule has 0 amide bonds. The van der Waals surface area contributed by atoms with E-state index in [1.54, 1.807) is 0 Å². The van der Waals surface area contributed by atoms with E-state index in [-0.39, 0.29) is 0 Å². The summed E-state index contributed by atoms with van der Waals surface area (Å²) in [5.41, 5.74) is 0.472. The maximum absolute atomic E-state index is 5.49. The van der Waals surface area contributed by atoms with Crippen molar-refractivity contribution >= 4 is 22.6 Å². The van der Waals surface area contributed by atoms with E-state index in [1.165, 1.54) is 12.8 Å². The summed E-state index contributed by atoms with van der Waals surface area (Å²) >= 11 is 2.19. The Morgan fingerprint density at radius 2 is 2.36 bits per heavy atom. The van der Waals surface area contributed by atoms with Gasteiger partial charge in [-0.1, -0.05) is 13.8 Å². The van der Waals surface area contributed by atoms with Crippen LogP contribution >= 0.6 is 22.6 Å². The molecule has 1 saturated carbocycles. The van der Waals surface area contributed by atoms with E-state index < -0.39 is 0 Å². The van der Waals surface area contributed by atoms with Gasteiger partial charge in [-0.2, -0.15) is 0 Å². The Balaban J connectivity index is 1.83. The molecule has 1 unspecified atom stereocenters. The van der Waals surface area contributed by atoms with E-state index in [2.05, 4.69) is 41.8 Å². The number of nitrogens with one attached hydrogen (secondary N) is 1. The van der Waals surface area contributed by atoms with Crippen molar-refractivity contribution in [2.75, 3.05) is 0 Å². The van der Waals surface area contributed by atoms with Gasteiger partial charge in [0.15, 0.2) is 3.77 Å². The van der Waals surface area contributed by atoms with E-state index in [4.69, 9.17) is 4.42 Å². The van der Waals surface area contributed by atoms with Crippen molar-refractivity contribution in [3.8, 4) is 0 Å². The standard InChI is InChI=1S/C11H16INO/c1-11(2)6-5-9(11)13-7-8-3-4-10(12)14-8/h3-4,9,13H,5-7H2,1-2H3. The molecule has 14 heavy (non-hydrogen) atoms. The minimum absolute atomic E-state index is 0.472. The Bertz CT molecular complexity index is 319. The highest BCUT2D eigenvalue weighted by molar-refractivity contribution is 14.1. The maximum Gasteiger partial charge on any atom is 0.164 e. The SMILES string of the molecule is CC1(C)CCC1NCc1ccc(I)o1. The van der Waals surface area contributed by atoms with Crippen LogP contribution in [0.15, 0.2) is 16.5 Å². The summed E-state index contributed by atoms with van der Waals surface area (Å²) < 4.78 is 6.46. The van der Waals surface area contributed by atoms with Crippen molar-refractivity contribution in [3.63, 3.8) is 0 Å². The smallest absolute Gasteiger partial charge is 0.164 e. The molecule has 0 spiro atoms. The van der Waals surface area contributed by atoms with Crippen LogP contribution in [0.3, 0.4) is 0 Å². The minimum atomic E-state index is 0.472. The molecule has 0 radical (unpaired) electrons. The fourth-order valence-electron chi connectivity index (χ4n) is 1.91. The van der Waals surface area contributed by atoms with Crippen molar-refractivity contribution < 1.29 is 4.42 Å². The first-order valence-corrected chi connectivity index (χ1v) is 6.13. The van der Waals surface area contributed by atoms with Gasteiger partial charge in [-0.25, -0.2) is 0 Å². The molecule has 1 aliphatic rings. The molecule has 2 nitrogen and oxygen atoms in total. The van der Waals surface area contributed by atoms with Crippen molar-refractivity contribution in [2.45, 2.75) is 39.3 Å². The summed E-state index contributed by atoms with van der Waals surface area (Å²) in [6.07, 6.45) is 2.63. The minimum Gasteiger partial charge on any atom is -0.454 e. The quantitative estimate of drug-likeness (QED) is 0.868. The summed E-state index contributed by atoms with van der Waals surface area (Å²) in [5.74, 6) is 1.04. The molecule has 3 heteroatoms. The molecule has 0 saturated heterocycles. The fraction of sp³-hybridized carbons (Fsp3) is 0.636. The zero-order chi connectivity index (χ0) is 10.2. The molecule has 1 aromatic rings. The van der Waals surface area contributed by atoms with Crippen molar-refractivity contribution in [2.24, 2.45) is 5.41 Å². The van der Waals surface area contributed by atoms with Crippen LogP contribution in [0.5, 0.6) is 0 Å². The zero-order valence-corrected chi connectivity index (χ0v) is 10.8. The highest BCUT2D eigenvalue weighted by Crippen LogP contribution is 2.40. The Labute approximate surface area is 98.6 Å². The number of furan rings is 1. The van der Waals surface area contributed by atoms with Gasteiger partial charge < -0.3 is 9.73 Å². The second-order valence-electron chi connectivity index (χ2n) is 4.67. The van der Waals surface area contributed by atoms with E-state index in [9.17, 15) is 0 Å². The molecule has 2 rings (SSSR count). The van der Waals surface area contributed by atoms with E-state index >= 15 is 0 Å². The van der Waals surface area contributed by atoms with Crippen molar-refractivity contribution in [1.82, 2.24) is 5.32 Å². The predicted molar refractivity (Wildman–Crippen MR) is 65.1 cm³/mol. The Hall–Kier alpha value is -0.0300. The fourth-order valence-corrected chi connectivity index (χ4v) is 2.38. The van der Waals surface area contributed by atoms with Crippen LogP contribution in [0.1, 0.15) is 32.4 Å². The lowest BCUT2D eigenvalue weighted by Crippen LogP contribution is -2.49. The predicted octanol–water partition coefficient (Wildman–Crippen LogP) is 3.16. The van der Waals surface area contributed by atoms with Crippen molar-refractivity contribution in [1.29, 1.82) is 0 Å². The Kier molecular flexibility index (Phi) is 2.88. The normalized spacial score (nSPS) is 24.6. The third-order valence-corrected chi connectivity index (χ3v) is 3.75. The lowest BCUT2D eigenvalue weighted by molar-refractivity contribution is 0.106. The van der Waals surface area contributed by atoms with Gasteiger partial charge in [0.2, 0.25) is 0 Å². The first kappa shape index (κ1) is 10.5. The molecule has 0 aliphatic heterocycles. The highest BCUT2D eigenvalue weighted by Gasteiger charge is 2.37. The average Bonchev–Trinajstić information content (AvgIpc) is 2.50. The van der Waals surface area contributed by atoms with E-state index in [0.29, 0.717) is 11.5 Å². The number of halogens is 1. The van der Waals surface area contributed by atoms with Crippen molar-refractivity contribution in [3.05, 3.63) is 21.7 Å². The number of hydrogen-bond donors (Lipinski definition) is 1. The van der Waals surface area contributed by atoms with Crippen LogP contribution in [-0.4, -0.2) is 6.04 Å². The molecule has 0 aromatic carbocycles. The largest absolute Gasteiger partial charge is 0.454 e. The molecular formula is C11H16INO. The van der Waals surface area contributed by atoms with Crippen LogP contribution in [0, 0.1) is 9.18 Å². The third kappa shape index (κ3) is 2.14.